The number of hydrogen-bond acceptors (Lipinski definition) is 12. The van der Waals surface area contributed by atoms with Gasteiger partial charge < -0.3 is 36.1 Å². The number of aromatic nitrogens is 4. The van der Waals surface area contributed by atoms with Crippen LogP contribution in [0.4, 0.5) is 16.4 Å². The monoisotopic (exact) mass is 726 g/mol. The number of anilines is 2. The largest absolute Gasteiger partial charge is 0.444 e. The highest BCUT2D eigenvalue weighted by Gasteiger charge is 2.43. The molecule has 8 N–H and O–H groups in total. The Kier molecular flexibility index (Phi) is 14.0. The number of aliphatic hydroxyl groups is 2. The number of aliphatic hydroxyl groups excluding tert-OH is 2. The zero-order valence-electron chi connectivity index (χ0n) is 30.0. The van der Waals surface area contributed by atoms with Gasteiger partial charge in [0.25, 0.3) is 5.56 Å². The standard InChI is InChI=1S/C35H50N8O9/c1-6-15-42-27-29(43(35(42)50)32-28(46)20(4)25(17-44)52-32)39-33(40-31(27)48)41-34(49)51-18-21-10-12-23(13-11-21)38-30(47)22(9-7-8-14-36)16-24(45)26(37-5)19(2)3/h6,10-13,19-20,22,25-26,28,32,37,44,46H,1,7-9,14-18,36H2,2-5H3,(H,38,47)(H2,39,40,41,48,49)/t20-,22-,25-,26+,28-,32-/m1/s1. The zero-order chi connectivity index (χ0) is 38.1. The summed E-state index contributed by atoms with van der Waals surface area (Å²) in [5.41, 5.74) is 4.99. The van der Waals surface area contributed by atoms with Crippen molar-refractivity contribution in [3.63, 3.8) is 0 Å². The summed E-state index contributed by atoms with van der Waals surface area (Å²) in [4.78, 5) is 72.2. The lowest BCUT2D eigenvalue weighted by Crippen LogP contribution is -2.40. The maximum atomic E-state index is 13.4. The number of imidazole rings is 1. The van der Waals surface area contributed by atoms with Gasteiger partial charge in [-0.05, 0) is 50.0 Å². The molecule has 52 heavy (non-hydrogen) atoms. The van der Waals surface area contributed by atoms with Crippen LogP contribution in [0.1, 0.15) is 58.2 Å². The number of allylic oxidation sites excluding steroid dienone is 1. The molecule has 1 fully saturated rings. The number of nitrogens with two attached hydrogens (primary N) is 1. The van der Waals surface area contributed by atoms with Gasteiger partial charge in [-0.2, -0.15) is 4.98 Å². The van der Waals surface area contributed by atoms with Gasteiger partial charge in [-0.3, -0.25) is 29.3 Å². The number of ether oxygens (including phenoxy) is 2. The molecule has 0 bridgehead atoms. The average molecular weight is 727 g/mol. The average Bonchev–Trinajstić information content (AvgIpc) is 3.54. The number of ketones is 1. The van der Waals surface area contributed by atoms with Crippen LogP contribution in [0.25, 0.3) is 11.2 Å². The van der Waals surface area contributed by atoms with E-state index in [0.29, 0.717) is 30.6 Å². The normalized spacial score (nSPS) is 19.8. The molecule has 284 valence electrons. The van der Waals surface area contributed by atoms with Crippen molar-refractivity contribution in [2.45, 2.75) is 84.1 Å². The smallest absolute Gasteiger partial charge is 0.414 e. The zero-order valence-corrected chi connectivity index (χ0v) is 30.0. The lowest BCUT2D eigenvalue weighted by atomic mass is 9.89. The Morgan fingerprint density at radius 3 is 2.48 bits per heavy atom. The number of carbonyl (C=O) groups is 3. The lowest BCUT2D eigenvalue weighted by Gasteiger charge is -2.22. The molecule has 0 unspecified atom stereocenters. The van der Waals surface area contributed by atoms with E-state index in [9.17, 15) is 34.2 Å². The summed E-state index contributed by atoms with van der Waals surface area (Å²) in [5, 5.41) is 28.8. The van der Waals surface area contributed by atoms with Crippen LogP contribution in [-0.2, 0) is 32.2 Å². The van der Waals surface area contributed by atoms with Crippen LogP contribution in [-0.4, -0.2) is 85.5 Å². The minimum atomic E-state index is -1.25. The van der Waals surface area contributed by atoms with E-state index >= 15 is 0 Å². The molecule has 0 radical (unpaired) electrons. The van der Waals surface area contributed by atoms with Crippen molar-refractivity contribution < 1.29 is 34.1 Å². The highest BCUT2D eigenvalue weighted by molar-refractivity contribution is 5.96. The Bertz CT molecular complexity index is 1830. The number of fused-ring (bicyclic) bond motifs is 1. The van der Waals surface area contributed by atoms with Crippen LogP contribution >= 0.6 is 0 Å². The first-order valence-corrected chi connectivity index (χ1v) is 17.4. The number of unbranched alkanes of at least 4 members (excludes halogenated alkanes) is 1. The summed E-state index contributed by atoms with van der Waals surface area (Å²) >= 11 is 0. The molecule has 1 saturated heterocycles. The second-order valence-electron chi connectivity index (χ2n) is 13.3. The molecule has 3 aromatic rings. The number of H-pyrrole nitrogens is 1. The first kappa shape index (κ1) is 40.1. The van der Waals surface area contributed by atoms with Gasteiger partial charge in [0, 0.05) is 30.5 Å². The van der Waals surface area contributed by atoms with Gasteiger partial charge in [-0.1, -0.05) is 45.4 Å². The number of amides is 2. The van der Waals surface area contributed by atoms with Crippen molar-refractivity contribution in [2.24, 2.45) is 23.5 Å². The summed E-state index contributed by atoms with van der Waals surface area (Å²) in [5.74, 6) is -1.59. The van der Waals surface area contributed by atoms with E-state index in [1.807, 2.05) is 13.8 Å². The van der Waals surface area contributed by atoms with Gasteiger partial charge in [-0.25, -0.2) is 14.2 Å². The summed E-state index contributed by atoms with van der Waals surface area (Å²) in [6.45, 7) is 9.07. The van der Waals surface area contributed by atoms with Gasteiger partial charge in [0.05, 0.1) is 18.8 Å². The molecule has 17 heteroatoms. The SMILES string of the molecule is C=CCn1c(=O)n([C@@H]2O[C@H](CO)[C@@H](C)[C@H]2O)c2nc(NC(=O)OCc3ccc(NC(=O)[C@H](CCCCN)CC(=O)[C@@H](NC)C(C)C)cc3)[nH]c(=O)c21. The second-order valence-corrected chi connectivity index (χ2v) is 13.3. The summed E-state index contributed by atoms with van der Waals surface area (Å²) in [7, 11) is 1.73. The fourth-order valence-electron chi connectivity index (χ4n) is 6.36. The molecule has 17 nitrogen and oxygen atoms in total. The molecule has 1 aromatic carbocycles. The van der Waals surface area contributed by atoms with E-state index in [0.717, 1.165) is 15.6 Å². The van der Waals surface area contributed by atoms with Crippen LogP contribution in [0, 0.1) is 17.8 Å². The molecule has 2 amide bonds. The molecule has 1 aliphatic rings. The highest BCUT2D eigenvalue weighted by Crippen LogP contribution is 2.34. The maximum absolute atomic E-state index is 13.4. The summed E-state index contributed by atoms with van der Waals surface area (Å²) < 4.78 is 13.2. The van der Waals surface area contributed by atoms with E-state index < -0.39 is 54.2 Å². The number of benzene rings is 1. The Balaban J connectivity index is 1.43. The van der Waals surface area contributed by atoms with Gasteiger partial charge in [0.15, 0.2) is 23.2 Å². The van der Waals surface area contributed by atoms with Gasteiger partial charge >= 0.3 is 11.8 Å². The van der Waals surface area contributed by atoms with E-state index in [2.05, 4.69) is 32.5 Å². The molecule has 1 aliphatic heterocycles. The molecule has 0 aliphatic carbocycles. The number of likely N-dealkylation sites (N-methyl/N-ethyl adjacent to an activating group) is 1. The van der Waals surface area contributed by atoms with Crippen LogP contribution in [0.3, 0.4) is 0 Å². The maximum Gasteiger partial charge on any atom is 0.414 e. The highest BCUT2D eigenvalue weighted by atomic mass is 16.6. The molecule has 0 spiro atoms. The predicted molar refractivity (Wildman–Crippen MR) is 194 cm³/mol. The van der Waals surface area contributed by atoms with Crippen molar-refractivity contribution in [2.75, 3.05) is 30.8 Å². The number of hydrogen-bond donors (Lipinski definition) is 7. The Hall–Kier alpha value is -4.68. The van der Waals surface area contributed by atoms with Gasteiger partial charge in [0.1, 0.15) is 12.7 Å². The Labute approximate surface area is 300 Å². The van der Waals surface area contributed by atoms with Crippen LogP contribution < -0.4 is 32.9 Å². The van der Waals surface area contributed by atoms with Crippen LogP contribution in [0.2, 0.25) is 0 Å². The number of carbonyl (C=O) groups excluding carboxylic acids is 3. The van der Waals surface area contributed by atoms with Crippen molar-refractivity contribution in [1.82, 2.24) is 24.4 Å². The van der Waals surface area contributed by atoms with E-state index in [-0.39, 0.29) is 60.3 Å². The van der Waals surface area contributed by atoms with Gasteiger partial charge in [0.2, 0.25) is 11.9 Å². The topological polar surface area (TPSA) is 245 Å². The molecule has 4 rings (SSSR count). The predicted octanol–water partition coefficient (Wildman–Crippen LogP) is 1.59. The Morgan fingerprint density at radius 1 is 1.17 bits per heavy atom. The van der Waals surface area contributed by atoms with Crippen LogP contribution in [0.15, 0.2) is 46.5 Å². The van der Waals surface area contributed by atoms with Crippen molar-refractivity contribution in [3.05, 3.63) is 63.3 Å². The molecular weight excluding hydrogens is 676 g/mol. The van der Waals surface area contributed by atoms with Crippen LogP contribution in [0.5, 0.6) is 0 Å². The fraction of sp³-hybridized carbons (Fsp3) is 0.543. The minimum Gasteiger partial charge on any atom is -0.444 e. The van der Waals surface area contributed by atoms with Crippen molar-refractivity contribution in [1.29, 1.82) is 0 Å². The number of nitrogens with one attached hydrogen (secondary N) is 4. The third-order valence-electron chi connectivity index (χ3n) is 9.25. The van der Waals surface area contributed by atoms with Gasteiger partial charge in [-0.15, -0.1) is 6.58 Å². The number of nitrogens with zero attached hydrogens (tertiary/aromatic N) is 3. The molecule has 2 aromatic heterocycles. The third-order valence-corrected chi connectivity index (χ3v) is 9.25. The fourth-order valence-corrected chi connectivity index (χ4v) is 6.36. The second kappa shape index (κ2) is 18.2. The summed E-state index contributed by atoms with van der Waals surface area (Å²) in [6, 6.07) is 6.28. The molecule has 6 atom stereocenters. The first-order chi connectivity index (χ1) is 24.8. The summed E-state index contributed by atoms with van der Waals surface area (Å²) in [6.07, 6.45) is -0.673. The molecular formula is C35H50N8O9. The number of Topliss-reactive ketones (excluding diaryl/α,β-unsaturated/α-hetero) is 1. The molecule has 3 heterocycles. The van der Waals surface area contributed by atoms with Crippen molar-refractivity contribution in [3.8, 4) is 0 Å². The van der Waals surface area contributed by atoms with E-state index in [4.69, 9.17) is 15.2 Å². The van der Waals surface area contributed by atoms with E-state index in [1.165, 1.54) is 6.08 Å². The first-order valence-electron chi connectivity index (χ1n) is 17.4. The lowest BCUT2D eigenvalue weighted by molar-refractivity contribution is -0.128. The van der Waals surface area contributed by atoms with E-state index in [1.54, 1.807) is 38.2 Å². The number of aromatic amines is 1. The minimum absolute atomic E-state index is 0.0248. The third kappa shape index (κ3) is 9.21. The number of rotatable bonds is 18. The molecule has 0 saturated carbocycles. The quantitative estimate of drug-likeness (QED) is 0.0730. The Morgan fingerprint density at radius 2 is 1.88 bits per heavy atom. The van der Waals surface area contributed by atoms with Crippen molar-refractivity contribution >= 4 is 40.6 Å².